The molecule has 0 aliphatic rings. The van der Waals surface area contributed by atoms with E-state index in [0.717, 1.165) is 32.7 Å². The van der Waals surface area contributed by atoms with E-state index in [1.54, 1.807) is 16.3 Å². The molecule has 0 amide bonds. The van der Waals surface area contributed by atoms with Crippen molar-refractivity contribution >= 4 is 29.0 Å². The van der Waals surface area contributed by atoms with Crippen LogP contribution in [-0.4, -0.2) is 26.4 Å². The zero-order valence-corrected chi connectivity index (χ0v) is 16.2. The molecule has 0 radical (unpaired) electrons. The lowest BCUT2D eigenvalue weighted by molar-refractivity contribution is 0.340. The van der Waals surface area contributed by atoms with E-state index in [9.17, 15) is 0 Å². The normalized spacial score (nSPS) is 11.0. The van der Waals surface area contributed by atoms with Crippen molar-refractivity contribution in [2.24, 2.45) is 0 Å². The number of halogens is 1. The standard InChI is InChI=1S/C20H17ClN4OS/c1-2-26-17-8-6-15(7-9-17)20-23-22-18-10-11-19(24-25(18)20)27-13-14-4-3-5-16(21)12-14/h3-12H,2,13H2,1H3. The Labute approximate surface area is 166 Å². The van der Waals surface area contributed by atoms with Gasteiger partial charge in [0.15, 0.2) is 11.5 Å². The first-order valence-electron chi connectivity index (χ1n) is 8.56. The second-order valence-corrected chi connectivity index (χ2v) is 7.27. The minimum absolute atomic E-state index is 0.641. The lowest BCUT2D eigenvalue weighted by Gasteiger charge is -2.05. The molecule has 4 aromatic rings. The fourth-order valence-corrected chi connectivity index (χ4v) is 3.69. The number of fused-ring (bicyclic) bond motifs is 1. The van der Waals surface area contributed by atoms with Gasteiger partial charge in [0.1, 0.15) is 10.8 Å². The Balaban J connectivity index is 1.59. The summed E-state index contributed by atoms with van der Waals surface area (Å²) in [6.45, 7) is 2.61. The number of benzene rings is 2. The summed E-state index contributed by atoms with van der Waals surface area (Å²) in [6.07, 6.45) is 0. The first-order chi connectivity index (χ1) is 13.2. The second-order valence-electron chi connectivity index (χ2n) is 5.84. The van der Waals surface area contributed by atoms with Gasteiger partial charge in [-0.3, -0.25) is 0 Å². The largest absolute Gasteiger partial charge is 0.494 e. The molecule has 5 nitrogen and oxygen atoms in total. The van der Waals surface area contributed by atoms with Gasteiger partial charge in [0.05, 0.1) is 6.61 Å². The Bertz CT molecular complexity index is 1070. The molecule has 2 aromatic carbocycles. The monoisotopic (exact) mass is 396 g/mol. The zero-order valence-electron chi connectivity index (χ0n) is 14.7. The molecule has 0 N–H and O–H groups in total. The van der Waals surface area contributed by atoms with Gasteiger partial charge < -0.3 is 4.74 Å². The number of hydrogen-bond donors (Lipinski definition) is 0. The summed E-state index contributed by atoms with van der Waals surface area (Å²) < 4.78 is 7.27. The molecule has 0 atom stereocenters. The van der Waals surface area contributed by atoms with Gasteiger partial charge in [0.2, 0.25) is 0 Å². The molecule has 0 aliphatic carbocycles. The summed E-state index contributed by atoms with van der Waals surface area (Å²) in [6, 6.07) is 19.5. The fourth-order valence-electron chi connectivity index (χ4n) is 2.68. The van der Waals surface area contributed by atoms with E-state index in [0.29, 0.717) is 18.1 Å². The van der Waals surface area contributed by atoms with E-state index in [4.69, 9.17) is 21.4 Å². The summed E-state index contributed by atoms with van der Waals surface area (Å²) in [5.74, 6) is 2.33. The molecular weight excluding hydrogens is 380 g/mol. The van der Waals surface area contributed by atoms with Crippen molar-refractivity contribution in [1.29, 1.82) is 0 Å². The maximum absolute atomic E-state index is 6.06. The van der Waals surface area contributed by atoms with Crippen LogP contribution in [0.2, 0.25) is 5.02 Å². The average molecular weight is 397 g/mol. The van der Waals surface area contributed by atoms with Crippen LogP contribution in [0.1, 0.15) is 12.5 Å². The van der Waals surface area contributed by atoms with Crippen molar-refractivity contribution in [1.82, 2.24) is 19.8 Å². The Hall–Kier alpha value is -2.57. The van der Waals surface area contributed by atoms with Gasteiger partial charge >= 0.3 is 0 Å². The van der Waals surface area contributed by atoms with Crippen molar-refractivity contribution in [2.75, 3.05) is 6.61 Å². The predicted molar refractivity (Wildman–Crippen MR) is 108 cm³/mol. The first kappa shape index (κ1) is 17.8. The van der Waals surface area contributed by atoms with Crippen molar-refractivity contribution < 1.29 is 4.74 Å². The molecule has 136 valence electrons. The minimum atomic E-state index is 0.641. The molecule has 0 aliphatic heterocycles. The maximum atomic E-state index is 6.06. The zero-order chi connectivity index (χ0) is 18.6. The fraction of sp³-hybridized carbons (Fsp3) is 0.150. The average Bonchev–Trinajstić information content (AvgIpc) is 3.11. The number of rotatable bonds is 6. The van der Waals surface area contributed by atoms with E-state index in [1.165, 1.54) is 0 Å². The van der Waals surface area contributed by atoms with Crippen LogP contribution in [0.4, 0.5) is 0 Å². The quantitative estimate of drug-likeness (QED) is 0.422. The molecule has 2 heterocycles. The SMILES string of the molecule is CCOc1ccc(-c2nnc3ccc(SCc4cccc(Cl)c4)nn23)cc1. The third kappa shape index (κ3) is 4.07. The summed E-state index contributed by atoms with van der Waals surface area (Å²) in [5, 5.41) is 14.9. The summed E-state index contributed by atoms with van der Waals surface area (Å²) >= 11 is 7.70. The molecule has 7 heteroatoms. The number of nitrogens with zero attached hydrogens (tertiary/aromatic N) is 4. The van der Waals surface area contributed by atoms with Crippen LogP contribution in [0.15, 0.2) is 65.7 Å². The van der Waals surface area contributed by atoms with E-state index in [-0.39, 0.29) is 0 Å². The van der Waals surface area contributed by atoms with Gasteiger partial charge in [-0.25, -0.2) is 0 Å². The Morgan fingerprint density at radius 3 is 2.67 bits per heavy atom. The third-order valence-electron chi connectivity index (χ3n) is 3.94. The second kappa shape index (κ2) is 7.98. The third-order valence-corrected chi connectivity index (χ3v) is 5.16. The van der Waals surface area contributed by atoms with Crippen LogP contribution in [0.3, 0.4) is 0 Å². The molecule has 0 spiro atoms. The maximum Gasteiger partial charge on any atom is 0.185 e. The highest BCUT2D eigenvalue weighted by molar-refractivity contribution is 7.98. The van der Waals surface area contributed by atoms with Crippen LogP contribution in [0.25, 0.3) is 17.0 Å². The summed E-state index contributed by atoms with van der Waals surface area (Å²) in [5.41, 5.74) is 2.81. The topological polar surface area (TPSA) is 52.3 Å². The minimum Gasteiger partial charge on any atom is -0.494 e. The molecule has 0 saturated heterocycles. The highest BCUT2D eigenvalue weighted by Crippen LogP contribution is 2.25. The van der Waals surface area contributed by atoms with Gasteiger partial charge in [-0.05, 0) is 61.0 Å². The van der Waals surface area contributed by atoms with Crippen molar-refractivity contribution in [2.45, 2.75) is 17.7 Å². The van der Waals surface area contributed by atoms with Crippen molar-refractivity contribution in [3.05, 3.63) is 71.2 Å². The number of thioether (sulfide) groups is 1. The Kier molecular flexibility index (Phi) is 5.27. The van der Waals surface area contributed by atoms with Crippen LogP contribution < -0.4 is 4.74 Å². The first-order valence-corrected chi connectivity index (χ1v) is 9.92. The summed E-state index contributed by atoms with van der Waals surface area (Å²) in [7, 11) is 0. The molecule has 27 heavy (non-hydrogen) atoms. The molecule has 0 unspecified atom stereocenters. The van der Waals surface area contributed by atoms with E-state index < -0.39 is 0 Å². The molecule has 2 aromatic heterocycles. The van der Waals surface area contributed by atoms with E-state index in [2.05, 4.69) is 16.3 Å². The van der Waals surface area contributed by atoms with Gasteiger partial charge in [0.25, 0.3) is 0 Å². The Morgan fingerprint density at radius 1 is 1.04 bits per heavy atom. The van der Waals surface area contributed by atoms with Crippen molar-refractivity contribution in [3.8, 4) is 17.1 Å². The van der Waals surface area contributed by atoms with Gasteiger partial charge in [-0.2, -0.15) is 9.61 Å². The predicted octanol–water partition coefficient (Wildman–Crippen LogP) is 5.14. The molecule has 0 bridgehead atoms. The Morgan fingerprint density at radius 2 is 1.89 bits per heavy atom. The van der Waals surface area contributed by atoms with Gasteiger partial charge in [0, 0.05) is 16.3 Å². The highest BCUT2D eigenvalue weighted by Gasteiger charge is 2.10. The van der Waals surface area contributed by atoms with E-state index in [1.807, 2.05) is 61.5 Å². The van der Waals surface area contributed by atoms with Gasteiger partial charge in [-0.1, -0.05) is 35.5 Å². The number of hydrogen-bond acceptors (Lipinski definition) is 5. The molecular formula is C20H17ClN4OS. The highest BCUT2D eigenvalue weighted by atomic mass is 35.5. The van der Waals surface area contributed by atoms with Gasteiger partial charge in [-0.15, -0.1) is 10.2 Å². The van der Waals surface area contributed by atoms with Crippen LogP contribution in [-0.2, 0) is 5.75 Å². The number of ether oxygens (including phenoxy) is 1. The molecule has 0 fully saturated rings. The molecule has 4 rings (SSSR count). The van der Waals surface area contributed by atoms with Crippen molar-refractivity contribution in [3.63, 3.8) is 0 Å². The smallest absolute Gasteiger partial charge is 0.185 e. The van der Waals surface area contributed by atoms with E-state index >= 15 is 0 Å². The van der Waals surface area contributed by atoms with Crippen LogP contribution in [0.5, 0.6) is 5.75 Å². The van der Waals surface area contributed by atoms with Crippen LogP contribution in [0, 0.1) is 0 Å². The lowest BCUT2D eigenvalue weighted by atomic mass is 10.2. The van der Waals surface area contributed by atoms with Crippen LogP contribution >= 0.6 is 23.4 Å². The number of aromatic nitrogens is 4. The summed E-state index contributed by atoms with van der Waals surface area (Å²) in [4.78, 5) is 0. The lowest BCUT2D eigenvalue weighted by Crippen LogP contribution is -1.97. The molecule has 0 saturated carbocycles.